The minimum absolute atomic E-state index is 0.635. The standard InChI is InChI=1S/C44H29N3Si/c45-30-32-24-26-43-40(28-32)39-21-11-13-23-42(39)47(43)41-22-12-10-20-38(41)33-25-27-44(34(29-33)31-46)48(35-14-4-1-5-15-35,36-16-6-2-7-17-36)37-18-8-3-9-19-37/h1-29H. The molecule has 4 heteroatoms. The lowest BCUT2D eigenvalue weighted by molar-refractivity contribution is 1.18. The van der Waals surface area contributed by atoms with Crippen LogP contribution in [0.5, 0.6) is 0 Å². The zero-order chi connectivity index (χ0) is 32.5. The van der Waals surface area contributed by atoms with Gasteiger partial charge in [0, 0.05) is 16.3 Å². The van der Waals surface area contributed by atoms with Gasteiger partial charge in [0.15, 0.2) is 8.07 Å². The molecule has 0 aliphatic carbocycles. The molecule has 0 spiro atoms. The highest BCUT2D eigenvalue weighted by Crippen LogP contribution is 2.36. The first-order chi connectivity index (χ1) is 23.7. The highest BCUT2D eigenvalue weighted by molar-refractivity contribution is 7.20. The lowest BCUT2D eigenvalue weighted by Gasteiger charge is -2.35. The summed E-state index contributed by atoms with van der Waals surface area (Å²) in [6, 6.07) is 66.1. The second-order valence-electron chi connectivity index (χ2n) is 11.9. The molecular weight excluding hydrogens is 599 g/mol. The molecule has 0 aliphatic rings. The lowest BCUT2D eigenvalue weighted by Crippen LogP contribution is -2.75. The van der Waals surface area contributed by atoms with Gasteiger partial charge in [0.05, 0.1) is 40.0 Å². The number of nitriles is 2. The zero-order valence-electron chi connectivity index (χ0n) is 26.1. The van der Waals surface area contributed by atoms with Crippen LogP contribution in [0.15, 0.2) is 176 Å². The summed E-state index contributed by atoms with van der Waals surface area (Å²) < 4.78 is 2.28. The van der Waals surface area contributed by atoms with E-state index in [0.717, 1.165) is 43.8 Å². The van der Waals surface area contributed by atoms with Gasteiger partial charge in [-0.1, -0.05) is 140 Å². The maximum Gasteiger partial charge on any atom is 0.180 e. The second kappa shape index (κ2) is 12.0. The van der Waals surface area contributed by atoms with Crippen LogP contribution in [0, 0.1) is 22.7 Å². The largest absolute Gasteiger partial charge is 0.309 e. The first kappa shape index (κ1) is 29.0. The Hall–Kier alpha value is -6.46. The predicted molar refractivity (Wildman–Crippen MR) is 199 cm³/mol. The minimum atomic E-state index is -2.89. The van der Waals surface area contributed by atoms with Crippen molar-refractivity contribution in [1.29, 1.82) is 10.5 Å². The third-order valence-corrected chi connectivity index (χ3v) is 14.3. The molecule has 0 bridgehead atoms. The summed E-state index contributed by atoms with van der Waals surface area (Å²) in [7, 11) is -2.89. The van der Waals surface area contributed by atoms with Gasteiger partial charge in [-0.15, -0.1) is 0 Å². The Morgan fingerprint density at radius 1 is 0.458 bits per heavy atom. The molecule has 0 saturated carbocycles. The van der Waals surface area contributed by atoms with Crippen LogP contribution in [0.2, 0.25) is 0 Å². The van der Waals surface area contributed by atoms with Crippen LogP contribution >= 0.6 is 0 Å². The Morgan fingerprint density at radius 2 is 1.02 bits per heavy atom. The Bertz CT molecular complexity index is 2430. The van der Waals surface area contributed by atoms with E-state index in [0.29, 0.717) is 11.1 Å². The summed E-state index contributed by atoms with van der Waals surface area (Å²) in [5.41, 5.74) is 6.42. The number of fused-ring (bicyclic) bond motifs is 3. The maximum absolute atomic E-state index is 10.9. The Kier molecular flexibility index (Phi) is 7.27. The first-order valence-corrected chi connectivity index (χ1v) is 18.0. The molecule has 0 atom stereocenters. The van der Waals surface area contributed by atoms with Gasteiger partial charge in [0.1, 0.15) is 0 Å². The van der Waals surface area contributed by atoms with E-state index in [1.54, 1.807) is 0 Å². The molecule has 48 heavy (non-hydrogen) atoms. The minimum Gasteiger partial charge on any atom is -0.309 e. The average molecular weight is 628 g/mol. The van der Waals surface area contributed by atoms with Crippen molar-refractivity contribution in [3.05, 3.63) is 187 Å². The highest BCUT2D eigenvalue weighted by atomic mass is 28.3. The van der Waals surface area contributed by atoms with E-state index < -0.39 is 8.07 Å². The van der Waals surface area contributed by atoms with Crippen molar-refractivity contribution in [2.24, 2.45) is 0 Å². The summed E-state index contributed by atoms with van der Waals surface area (Å²) in [5, 5.41) is 27.5. The third-order valence-electron chi connectivity index (χ3n) is 9.42. The predicted octanol–water partition coefficient (Wildman–Crippen LogP) is 7.57. The summed E-state index contributed by atoms with van der Waals surface area (Å²) in [4.78, 5) is 0. The van der Waals surface area contributed by atoms with Gasteiger partial charge in [-0.05, 0) is 62.7 Å². The third kappa shape index (κ3) is 4.55. The molecule has 0 amide bonds. The summed E-state index contributed by atoms with van der Waals surface area (Å²) in [6.45, 7) is 0. The first-order valence-electron chi connectivity index (χ1n) is 16.0. The molecule has 8 rings (SSSR count). The summed E-state index contributed by atoms with van der Waals surface area (Å²) in [6.07, 6.45) is 0. The fourth-order valence-corrected chi connectivity index (χ4v) is 12.3. The quantitative estimate of drug-likeness (QED) is 0.141. The zero-order valence-corrected chi connectivity index (χ0v) is 27.1. The number of hydrogen-bond acceptors (Lipinski definition) is 2. The molecule has 1 heterocycles. The molecule has 224 valence electrons. The molecule has 0 N–H and O–H groups in total. The van der Waals surface area contributed by atoms with Crippen molar-refractivity contribution in [3.63, 3.8) is 0 Å². The summed E-state index contributed by atoms with van der Waals surface area (Å²) >= 11 is 0. The normalized spacial score (nSPS) is 11.3. The molecule has 0 saturated heterocycles. The van der Waals surface area contributed by atoms with Crippen LogP contribution in [0.4, 0.5) is 0 Å². The van der Waals surface area contributed by atoms with Gasteiger partial charge in [0.2, 0.25) is 0 Å². The number of para-hydroxylation sites is 2. The van der Waals surface area contributed by atoms with Crippen molar-refractivity contribution in [3.8, 4) is 29.0 Å². The van der Waals surface area contributed by atoms with E-state index in [4.69, 9.17) is 0 Å². The Morgan fingerprint density at radius 3 is 1.65 bits per heavy atom. The van der Waals surface area contributed by atoms with E-state index in [-0.39, 0.29) is 0 Å². The van der Waals surface area contributed by atoms with E-state index in [2.05, 4.69) is 168 Å². The van der Waals surface area contributed by atoms with Gasteiger partial charge in [-0.3, -0.25) is 0 Å². The second-order valence-corrected chi connectivity index (χ2v) is 15.7. The fourth-order valence-electron chi connectivity index (χ4n) is 7.38. The van der Waals surface area contributed by atoms with E-state index in [9.17, 15) is 10.5 Å². The van der Waals surface area contributed by atoms with Gasteiger partial charge in [-0.25, -0.2) is 0 Å². The SMILES string of the molecule is N#Cc1ccc2c(c1)c1ccccc1n2-c1ccccc1-c1ccc([Si](c2ccccc2)(c2ccccc2)c2ccccc2)c(C#N)c1. The maximum atomic E-state index is 10.9. The van der Waals surface area contributed by atoms with E-state index in [1.165, 1.54) is 15.6 Å². The van der Waals surface area contributed by atoms with Crippen molar-refractivity contribution < 1.29 is 0 Å². The lowest BCUT2D eigenvalue weighted by atomic mass is 10.0. The molecule has 1 aromatic heterocycles. The molecule has 8 aromatic rings. The number of nitrogens with zero attached hydrogens (tertiary/aromatic N) is 3. The van der Waals surface area contributed by atoms with Gasteiger partial charge >= 0.3 is 0 Å². The fraction of sp³-hybridized carbons (Fsp3) is 0. The smallest absolute Gasteiger partial charge is 0.180 e. The summed E-state index contributed by atoms with van der Waals surface area (Å²) in [5.74, 6) is 0. The number of aromatic nitrogens is 1. The Balaban J connectivity index is 1.39. The molecule has 3 nitrogen and oxygen atoms in total. The van der Waals surface area contributed by atoms with Crippen LogP contribution in [-0.4, -0.2) is 12.6 Å². The molecule has 0 unspecified atom stereocenters. The van der Waals surface area contributed by atoms with Crippen molar-refractivity contribution in [2.45, 2.75) is 0 Å². The van der Waals surface area contributed by atoms with Crippen molar-refractivity contribution in [1.82, 2.24) is 4.57 Å². The molecule has 0 fully saturated rings. The van der Waals surface area contributed by atoms with Crippen LogP contribution in [0.3, 0.4) is 0 Å². The van der Waals surface area contributed by atoms with Crippen molar-refractivity contribution in [2.75, 3.05) is 0 Å². The van der Waals surface area contributed by atoms with Crippen LogP contribution in [0.1, 0.15) is 11.1 Å². The van der Waals surface area contributed by atoms with Crippen molar-refractivity contribution >= 4 is 50.6 Å². The number of rotatable bonds is 6. The molecular formula is C44H29N3Si. The van der Waals surface area contributed by atoms with Crippen LogP contribution in [0.25, 0.3) is 38.6 Å². The average Bonchev–Trinajstić information content (AvgIpc) is 3.50. The van der Waals surface area contributed by atoms with Crippen LogP contribution < -0.4 is 20.7 Å². The number of benzene rings is 7. The van der Waals surface area contributed by atoms with Gasteiger partial charge in [0.25, 0.3) is 0 Å². The molecule has 0 aliphatic heterocycles. The van der Waals surface area contributed by atoms with E-state index >= 15 is 0 Å². The van der Waals surface area contributed by atoms with Gasteiger partial charge in [-0.2, -0.15) is 10.5 Å². The number of hydrogen-bond donors (Lipinski definition) is 0. The van der Waals surface area contributed by atoms with Gasteiger partial charge < -0.3 is 4.57 Å². The molecule has 0 radical (unpaired) electrons. The molecule has 7 aromatic carbocycles. The van der Waals surface area contributed by atoms with E-state index in [1.807, 2.05) is 24.3 Å². The highest BCUT2D eigenvalue weighted by Gasteiger charge is 2.43. The Labute approximate surface area is 280 Å². The van der Waals surface area contributed by atoms with Crippen LogP contribution in [-0.2, 0) is 0 Å². The topological polar surface area (TPSA) is 52.5 Å². The monoisotopic (exact) mass is 627 g/mol.